The molecule has 0 unspecified atom stereocenters. The van der Waals surface area contributed by atoms with Crippen molar-refractivity contribution in [3.05, 3.63) is 35.9 Å². The molecule has 2 atom stereocenters. The predicted molar refractivity (Wildman–Crippen MR) is 92.2 cm³/mol. The molecule has 128 valence electrons. The normalized spacial score (nSPS) is 22.3. The number of likely N-dealkylation sites (N-methyl/N-ethyl adjacent to an activating group) is 1. The minimum atomic E-state index is -0.0308. The summed E-state index contributed by atoms with van der Waals surface area (Å²) in [7, 11) is 5.80. The molecule has 1 N–H and O–H groups in total. The van der Waals surface area contributed by atoms with Crippen LogP contribution in [0.25, 0.3) is 0 Å². The highest BCUT2D eigenvalue weighted by molar-refractivity contribution is 5.77. The van der Waals surface area contributed by atoms with E-state index in [2.05, 4.69) is 59.5 Å². The van der Waals surface area contributed by atoms with Crippen molar-refractivity contribution in [3.8, 4) is 0 Å². The first kappa shape index (κ1) is 17.9. The van der Waals surface area contributed by atoms with E-state index in [1.165, 1.54) is 5.56 Å². The summed E-state index contributed by atoms with van der Waals surface area (Å²) >= 11 is 0. The number of rotatable bonds is 7. The summed E-state index contributed by atoms with van der Waals surface area (Å²) in [5.41, 5.74) is 1.36. The second kappa shape index (κ2) is 9.01. The second-order valence-electron chi connectivity index (χ2n) is 6.54. The fraction of sp³-hybridized carbons (Fsp3) is 0.611. The Morgan fingerprint density at radius 2 is 2.09 bits per heavy atom. The Labute approximate surface area is 139 Å². The molecule has 0 aromatic heterocycles. The van der Waals surface area contributed by atoms with Gasteiger partial charge in [0.2, 0.25) is 5.91 Å². The van der Waals surface area contributed by atoms with Crippen LogP contribution in [-0.2, 0) is 16.1 Å². The van der Waals surface area contributed by atoms with Gasteiger partial charge in [-0.05, 0) is 38.5 Å². The molecule has 1 aliphatic heterocycles. The zero-order chi connectivity index (χ0) is 16.7. The number of amides is 1. The zero-order valence-electron chi connectivity index (χ0n) is 14.5. The van der Waals surface area contributed by atoms with Crippen LogP contribution in [0.15, 0.2) is 30.3 Å². The molecule has 23 heavy (non-hydrogen) atoms. The number of hydrogen-bond acceptors (Lipinski definition) is 4. The molecule has 0 saturated carbocycles. The standard InChI is InChI=1S/C18H29N3O2/c1-20(2)17-13-21(12-15-7-5-4-6-8-15)10-9-16(17)11-19-18(22)14-23-3/h4-8,16-17H,9-14H2,1-3H3,(H,19,22)/t16-,17-/m1/s1. The molecule has 1 saturated heterocycles. The molecule has 1 heterocycles. The van der Waals surface area contributed by atoms with E-state index in [0.717, 1.165) is 32.6 Å². The van der Waals surface area contributed by atoms with Crippen LogP contribution in [0.2, 0.25) is 0 Å². The van der Waals surface area contributed by atoms with Crippen molar-refractivity contribution in [1.82, 2.24) is 15.1 Å². The molecule has 2 rings (SSSR count). The van der Waals surface area contributed by atoms with Crippen LogP contribution in [0.1, 0.15) is 12.0 Å². The van der Waals surface area contributed by atoms with Gasteiger partial charge in [-0.2, -0.15) is 0 Å². The predicted octanol–water partition coefficient (Wildman–Crippen LogP) is 1.20. The highest BCUT2D eigenvalue weighted by Gasteiger charge is 2.30. The minimum absolute atomic E-state index is 0.0308. The summed E-state index contributed by atoms with van der Waals surface area (Å²) in [6, 6.07) is 11.1. The highest BCUT2D eigenvalue weighted by atomic mass is 16.5. The minimum Gasteiger partial charge on any atom is -0.375 e. The lowest BCUT2D eigenvalue weighted by Crippen LogP contribution is -2.53. The number of likely N-dealkylation sites (tertiary alicyclic amines) is 1. The Kier molecular flexibility index (Phi) is 7.02. The Hall–Kier alpha value is -1.43. The first-order chi connectivity index (χ1) is 11.1. The molecular formula is C18H29N3O2. The summed E-state index contributed by atoms with van der Waals surface area (Å²) < 4.78 is 4.87. The second-order valence-corrected chi connectivity index (χ2v) is 6.54. The van der Waals surface area contributed by atoms with Crippen molar-refractivity contribution in [1.29, 1.82) is 0 Å². The van der Waals surface area contributed by atoms with Gasteiger partial charge < -0.3 is 15.0 Å². The molecule has 5 heteroatoms. The molecule has 1 aromatic carbocycles. The summed E-state index contributed by atoms with van der Waals surface area (Å²) in [5, 5.41) is 2.99. The maximum absolute atomic E-state index is 11.6. The molecule has 1 amide bonds. The van der Waals surface area contributed by atoms with Crippen molar-refractivity contribution >= 4 is 5.91 Å². The average Bonchev–Trinajstić information content (AvgIpc) is 2.54. The number of hydrogen-bond donors (Lipinski definition) is 1. The summed E-state index contributed by atoms with van der Waals surface area (Å²) in [5.74, 6) is 0.453. The van der Waals surface area contributed by atoms with Gasteiger partial charge in [-0.15, -0.1) is 0 Å². The average molecular weight is 319 g/mol. The largest absolute Gasteiger partial charge is 0.375 e. The van der Waals surface area contributed by atoms with E-state index in [9.17, 15) is 4.79 Å². The number of methoxy groups -OCH3 is 1. The molecule has 0 radical (unpaired) electrons. The maximum Gasteiger partial charge on any atom is 0.245 e. The van der Waals surface area contributed by atoms with Gasteiger partial charge in [0.25, 0.3) is 0 Å². The van der Waals surface area contributed by atoms with E-state index < -0.39 is 0 Å². The van der Waals surface area contributed by atoms with E-state index >= 15 is 0 Å². The number of ether oxygens (including phenoxy) is 1. The van der Waals surface area contributed by atoms with Crippen molar-refractivity contribution in [2.75, 3.05) is 47.4 Å². The fourth-order valence-corrected chi connectivity index (χ4v) is 3.28. The van der Waals surface area contributed by atoms with Crippen LogP contribution in [0.4, 0.5) is 0 Å². The maximum atomic E-state index is 11.6. The number of nitrogens with zero attached hydrogens (tertiary/aromatic N) is 2. The number of carbonyl (C=O) groups excluding carboxylic acids is 1. The van der Waals surface area contributed by atoms with Gasteiger partial charge in [-0.3, -0.25) is 9.69 Å². The van der Waals surface area contributed by atoms with Gasteiger partial charge >= 0.3 is 0 Å². The number of carbonyl (C=O) groups is 1. The van der Waals surface area contributed by atoms with Gasteiger partial charge in [0.05, 0.1) is 0 Å². The molecular weight excluding hydrogens is 290 g/mol. The summed E-state index contributed by atoms with van der Waals surface area (Å²) in [4.78, 5) is 16.4. The van der Waals surface area contributed by atoms with E-state index in [0.29, 0.717) is 12.0 Å². The van der Waals surface area contributed by atoms with Crippen molar-refractivity contribution in [3.63, 3.8) is 0 Å². The van der Waals surface area contributed by atoms with Gasteiger partial charge in [-0.1, -0.05) is 30.3 Å². The van der Waals surface area contributed by atoms with Crippen LogP contribution in [-0.4, -0.2) is 69.2 Å². The lowest BCUT2D eigenvalue weighted by molar-refractivity contribution is -0.125. The quantitative estimate of drug-likeness (QED) is 0.820. The number of piperidine rings is 1. The number of nitrogens with one attached hydrogen (secondary N) is 1. The van der Waals surface area contributed by atoms with Crippen molar-refractivity contribution in [2.24, 2.45) is 5.92 Å². The third-order valence-electron chi connectivity index (χ3n) is 4.55. The lowest BCUT2D eigenvalue weighted by atomic mass is 9.90. The van der Waals surface area contributed by atoms with Gasteiger partial charge in [0.1, 0.15) is 6.61 Å². The van der Waals surface area contributed by atoms with Crippen molar-refractivity contribution < 1.29 is 9.53 Å². The SMILES string of the molecule is COCC(=O)NC[C@H]1CCN(Cc2ccccc2)C[C@H]1N(C)C. The first-order valence-corrected chi connectivity index (χ1v) is 8.28. The van der Waals surface area contributed by atoms with Crippen LogP contribution >= 0.6 is 0 Å². The molecule has 5 nitrogen and oxygen atoms in total. The van der Waals surface area contributed by atoms with Crippen LogP contribution in [0, 0.1) is 5.92 Å². The topological polar surface area (TPSA) is 44.8 Å². The molecule has 0 bridgehead atoms. The molecule has 1 fully saturated rings. The smallest absolute Gasteiger partial charge is 0.245 e. The van der Waals surface area contributed by atoms with E-state index in [-0.39, 0.29) is 12.5 Å². The van der Waals surface area contributed by atoms with E-state index in [4.69, 9.17) is 4.74 Å². The Bertz CT molecular complexity index is 478. The van der Waals surface area contributed by atoms with Crippen LogP contribution in [0.5, 0.6) is 0 Å². The molecule has 1 aliphatic rings. The third-order valence-corrected chi connectivity index (χ3v) is 4.55. The number of benzene rings is 1. The van der Waals surface area contributed by atoms with Crippen molar-refractivity contribution in [2.45, 2.75) is 19.0 Å². The lowest BCUT2D eigenvalue weighted by Gasteiger charge is -2.42. The third kappa shape index (κ3) is 5.61. The first-order valence-electron chi connectivity index (χ1n) is 8.28. The summed E-state index contributed by atoms with van der Waals surface area (Å²) in [6.45, 7) is 3.97. The Morgan fingerprint density at radius 1 is 1.35 bits per heavy atom. The zero-order valence-corrected chi connectivity index (χ0v) is 14.5. The highest BCUT2D eigenvalue weighted by Crippen LogP contribution is 2.22. The van der Waals surface area contributed by atoms with Crippen LogP contribution in [0.3, 0.4) is 0 Å². The van der Waals surface area contributed by atoms with E-state index in [1.54, 1.807) is 7.11 Å². The van der Waals surface area contributed by atoms with E-state index in [1.807, 2.05) is 0 Å². The van der Waals surface area contributed by atoms with Gasteiger partial charge in [0.15, 0.2) is 0 Å². The molecule has 0 aliphatic carbocycles. The Balaban J connectivity index is 1.88. The Morgan fingerprint density at radius 3 is 2.74 bits per heavy atom. The van der Waals surface area contributed by atoms with Gasteiger partial charge in [-0.25, -0.2) is 0 Å². The molecule has 1 aromatic rings. The molecule has 0 spiro atoms. The fourth-order valence-electron chi connectivity index (χ4n) is 3.28. The van der Waals surface area contributed by atoms with Gasteiger partial charge in [0, 0.05) is 32.8 Å². The summed E-state index contributed by atoms with van der Waals surface area (Å²) in [6.07, 6.45) is 1.10. The van der Waals surface area contributed by atoms with Crippen LogP contribution < -0.4 is 5.32 Å². The monoisotopic (exact) mass is 319 g/mol.